The molecule has 3 aromatic rings. The number of nitrogens with zero attached hydrogens (tertiary/aromatic N) is 2. The second-order valence-electron chi connectivity index (χ2n) is 4.87. The summed E-state index contributed by atoms with van der Waals surface area (Å²) in [5, 5.41) is 2.69. The van der Waals surface area contributed by atoms with Gasteiger partial charge >= 0.3 is 6.61 Å². The molecular weight excluding hydrogens is 316 g/mol. The SMILES string of the molecule is O=C(Nc1ccc(OC(F)F)cc1)c1ccc(-n2ccnc2)cc1. The van der Waals surface area contributed by atoms with Gasteiger partial charge in [-0.05, 0) is 48.5 Å². The second-order valence-corrected chi connectivity index (χ2v) is 4.87. The van der Waals surface area contributed by atoms with Gasteiger partial charge in [0, 0.05) is 29.3 Å². The van der Waals surface area contributed by atoms with Crippen molar-refractivity contribution in [2.45, 2.75) is 6.61 Å². The van der Waals surface area contributed by atoms with Crippen LogP contribution in [0, 0.1) is 0 Å². The molecule has 24 heavy (non-hydrogen) atoms. The fourth-order valence-corrected chi connectivity index (χ4v) is 2.12. The lowest BCUT2D eigenvalue weighted by Gasteiger charge is -2.08. The second kappa shape index (κ2) is 6.91. The first kappa shape index (κ1) is 15.7. The number of rotatable bonds is 5. The van der Waals surface area contributed by atoms with Crippen molar-refractivity contribution in [1.82, 2.24) is 9.55 Å². The van der Waals surface area contributed by atoms with Crippen molar-refractivity contribution in [3.05, 3.63) is 72.8 Å². The van der Waals surface area contributed by atoms with Gasteiger partial charge in [0.25, 0.3) is 5.91 Å². The highest BCUT2D eigenvalue weighted by atomic mass is 19.3. The Morgan fingerprint density at radius 1 is 1.08 bits per heavy atom. The van der Waals surface area contributed by atoms with Crippen molar-refractivity contribution >= 4 is 11.6 Å². The topological polar surface area (TPSA) is 56.1 Å². The quantitative estimate of drug-likeness (QED) is 0.776. The summed E-state index contributed by atoms with van der Waals surface area (Å²) in [6, 6.07) is 12.7. The van der Waals surface area contributed by atoms with E-state index in [4.69, 9.17) is 0 Å². The van der Waals surface area contributed by atoms with Gasteiger partial charge in [-0.15, -0.1) is 0 Å². The monoisotopic (exact) mass is 329 g/mol. The van der Waals surface area contributed by atoms with Gasteiger partial charge in [0.15, 0.2) is 0 Å². The molecule has 1 N–H and O–H groups in total. The van der Waals surface area contributed by atoms with E-state index in [0.29, 0.717) is 11.3 Å². The van der Waals surface area contributed by atoms with Crippen LogP contribution in [-0.4, -0.2) is 22.1 Å². The van der Waals surface area contributed by atoms with E-state index in [9.17, 15) is 13.6 Å². The minimum Gasteiger partial charge on any atom is -0.435 e. The molecule has 0 fully saturated rings. The van der Waals surface area contributed by atoms with Crippen molar-refractivity contribution < 1.29 is 18.3 Å². The van der Waals surface area contributed by atoms with Crippen LogP contribution in [0.15, 0.2) is 67.3 Å². The maximum absolute atomic E-state index is 12.2. The third-order valence-corrected chi connectivity index (χ3v) is 3.27. The fraction of sp³-hybridized carbons (Fsp3) is 0.0588. The van der Waals surface area contributed by atoms with E-state index >= 15 is 0 Å². The lowest BCUT2D eigenvalue weighted by Crippen LogP contribution is -2.12. The molecule has 0 aliphatic carbocycles. The molecule has 1 aromatic heterocycles. The molecule has 5 nitrogen and oxygen atoms in total. The number of alkyl halides is 2. The molecular formula is C17H13F2N3O2. The molecule has 1 heterocycles. The van der Waals surface area contributed by atoms with Crippen molar-refractivity contribution in [3.8, 4) is 11.4 Å². The molecule has 0 atom stereocenters. The number of amides is 1. The number of benzene rings is 2. The summed E-state index contributed by atoms with van der Waals surface area (Å²) in [5.41, 5.74) is 1.85. The van der Waals surface area contributed by atoms with E-state index in [1.54, 1.807) is 43.0 Å². The minimum atomic E-state index is -2.88. The highest BCUT2D eigenvalue weighted by Gasteiger charge is 2.08. The van der Waals surface area contributed by atoms with Crippen LogP contribution in [0.3, 0.4) is 0 Å². The summed E-state index contributed by atoms with van der Waals surface area (Å²) in [7, 11) is 0. The van der Waals surface area contributed by atoms with Gasteiger partial charge in [-0.1, -0.05) is 0 Å². The Labute approximate surface area is 136 Å². The van der Waals surface area contributed by atoms with Gasteiger partial charge in [0.1, 0.15) is 5.75 Å². The maximum atomic E-state index is 12.2. The molecule has 0 saturated carbocycles. The van der Waals surface area contributed by atoms with Gasteiger partial charge in [0.05, 0.1) is 6.33 Å². The van der Waals surface area contributed by atoms with Crippen LogP contribution in [0.4, 0.5) is 14.5 Å². The highest BCUT2D eigenvalue weighted by molar-refractivity contribution is 6.04. The zero-order chi connectivity index (χ0) is 16.9. The van der Waals surface area contributed by atoms with E-state index in [1.807, 2.05) is 4.57 Å². The van der Waals surface area contributed by atoms with Crippen LogP contribution in [-0.2, 0) is 0 Å². The number of hydrogen-bond donors (Lipinski definition) is 1. The van der Waals surface area contributed by atoms with Crippen molar-refractivity contribution in [3.63, 3.8) is 0 Å². The molecule has 1 amide bonds. The zero-order valence-electron chi connectivity index (χ0n) is 12.4. The fourth-order valence-electron chi connectivity index (χ4n) is 2.12. The Hall–Kier alpha value is -3.22. The first-order valence-electron chi connectivity index (χ1n) is 7.06. The third kappa shape index (κ3) is 3.75. The average Bonchev–Trinajstić information content (AvgIpc) is 3.11. The third-order valence-electron chi connectivity index (χ3n) is 3.27. The lowest BCUT2D eigenvalue weighted by atomic mass is 10.2. The number of anilines is 1. The smallest absolute Gasteiger partial charge is 0.387 e. The number of imidazole rings is 1. The summed E-state index contributed by atoms with van der Waals surface area (Å²) >= 11 is 0. The van der Waals surface area contributed by atoms with Crippen LogP contribution < -0.4 is 10.1 Å². The summed E-state index contributed by atoms with van der Waals surface area (Å²) in [4.78, 5) is 16.2. The molecule has 0 radical (unpaired) electrons. The number of halogens is 2. The Morgan fingerprint density at radius 3 is 2.38 bits per heavy atom. The molecule has 0 unspecified atom stereocenters. The van der Waals surface area contributed by atoms with Gasteiger partial charge in [-0.25, -0.2) is 4.98 Å². The number of carbonyl (C=O) groups is 1. The average molecular weight is 329 g/mol. The maximum Gasteiger partial charge on any atom is 0.387 e. The van der Waals surface area contributed by atoms with Gasteiger partial charge in [0.2, 0.25) is 0 Å². The Balaban J connectivity index is 1.66. The predicted molar refractivity (Wildman–Crippen MR) is 84.6 cm³/mol. The van der Waals surface area contributed by atoms with E-state index in [0.717, 1.165) is 5.69 Å². The number of carbonyl (C=O) groups excluding carboxylic acids is 1. The van der Waals surface area contributed by atoms with Crippen LogP contribution >= 0.6 is 0 Å². The van der Waals surface area contributed by atoms with E-state index in [1.165, 1.54) is 24.3 Å². The summed E-state index contributed by atoms with van der Waals surface area (Å²) in [6.07, 6.45) is 5.14. The number of nitrogens with one attached hydrogen (secondary N) is 1. The van der Waals surface area contributed by atoms with Gasteiger partial charge in [-0.3, -0.25) is 4.79 Å². The number of hydrogen-bond acceptors (Lipinski definition) is 3. The predicted octanol–water partition coefficient (Wildman–Crippen LogP) is 3.73. The van der Waals surface area contributed by atoms with E-state index < -0.39 is 6.61 Å². The van der Waals surface area contributed by atoms with Crippen LogP contribution in [0.1, 0.15) is 10.4 Å². The normalized spacial score (nSPS) is 10.6. The Morgan fingerprint density at radius 2 is 1.79 bits per heavy atom. The first-order valence-corrected chi connectivity index (χ1v) is 7.06. The largest absolute Gasteiger partial charge is 0.435 e. The molecule has 2 aromatic carbocycles. The Kier molecular flexibility index (Phi) is 4.51. The zero-order valence-corrected chi connectivity index (χ0v) is 12.4. The minimum absolute atomic E-state index is 0.0349. The van der Waals surface area contributed by atoms with Gasteiger partial charge < -0.3 is 14.6 Å². The molecule has 122 valence electrons. The van der Waals surface area contributed by atoms with E-state index in [-0.39, 0.29) is 11.7 Å². The van der Waals surface area contributed by atoms with E-state index in [2.05, 4.69) is 15.0 Å². The van der Waals surface area contributed by atoms with Crippen molar-refractivity contribution in [1.29, 1.82) is 0 Å². The summed E-state index contributed by atoms with van der Waals surface area (Å²) in [5.74, 6) is -0.262. The molecule has 0 saturated heterocycles. The van der Waals surface area contributed by atoms with Crippen LogP contribution in [0.2, 0.25) is 0 Å². The summed E-state index contributed by atoms with van der Waals surface area (Å²) in [6.45, 7) is -2.88. The van der Waals surface area contributed by atoms with Crippen molar-refractivity contribution in [2.75, 3.05) is 5.32 Å². The highest BCUT2D eigenvalue weighted by Crippen LogP contribution is 2.18. The standard InChI is InChI=1S/C17H13F2N3O2/c18-17(19)24-15-7-3-13(4-8-15)21-16(23)12-1-5-14(6-2-12)22-10-9-20-11-22/h1-11,17H,(H,21,23). The van der Waals surface area contributed by atoms with Crippen molar-refractivity contribution in [2.24, 2.45) is 0 Å². The number of aromatic nitrogens is 2. The van der Waals surface area contributed by atoms with Crippen LogP contribution in [0.5, 0.6) is 5.75 Å². The van der Waals surface area contributed by atoms with Crippen LogP contribution in [0.25, 0.3) is 5.69 Å². The molecule has 3 rings (SSSR count). The molecule has 0 spiro atoms. The van der Waals surface area contributed by atoms with Gasteiger partial charge in [-0.2, -0.15) is 8.78 Å². The molecule has 0 aliphatic rings. The first-order chi connectivity index (χ1) is 11.6. The summed E-state index contributed by atoms with van der Waals surface area (Å²) < 4.78 is 30.3. The lowest BCUT2D eigenvalue weighted by molar-refractivity contribution is -0.0498. The Bertz CT molecular complexity index is 801. The molecule has 7 heteroatoms. The molecule has 0 bridgehead atoms. The molecule has 0 aliphatic heterocycles. The number of ether oxygens (including phenoxy) is 1.